The van der Waals surface area contributed by atoms with E-state index in [1.54, 1.807) is 13.1 Å². The van der Waals surface area contributed by atoms with Crippen molar-refractivity contribution < 1.29 is 4.39 Å². The van der Waals surface area contributed by atoms with Crippen LogP contribution in [0.2, 0.25) is 0 Å². The van der Waals surface area contributed by atoms with Crippen LogP contribution >= 0.6 is 0 Å². The lowest BCUT2D eigenvalue weighted by Crippen LogP contribution is -2.41. The van der Waals surface area contributed by atoms with E-state index in [2.05, 4.69) is 27.4 Å². The minimum absolute atomic E-state index is 0.141. The zero-order chi connectivity index (χ0) is 17.2. The molecule has 134 valence electrons. The van der Waals surface area contributed by atoms with Crippen LogP contribution < -0.4 is 10.6 Å². The molecule has 0 spiro atoms. The molecule has 5 heteroatoms. The maximum atomic E-state index is 13.6. The third kappa shape index (κ3) is 6.11. The molecule has 1 heterocycles. The Bertz CT molecular complexity index is 518. The summed E-state index contributed by atoms with van der Waals surface area (Å²) in [5.74, 6) is 0.649. The van der Waals surface area contributed by atoms with Crippen LogP contribution in [0.5, 0.6) is 0 Å². The summed E-state index contributed by atoms with van der Waals surface area (Å²) in [6, 6.07) is 7.64. The molecule has 0 radical (unpaired) electrons. The minimum atomic E-state index is -0.141. The van der Waals surface area contributed by atoms with Crippen LogP contribution in [0, 0.1) is 5.82 Å². The molecule has 1 aliphatic rings. The summed E-state index contributed by atoms with van der Waals surface area (Å²) in [4.78, 5) is 6.81. The van der Waals surface area contributed by atoms with Crippen molar-refractivity contribution in [3.63, 3.8) is 0 Å². The van der Waals surface area contributed by atoms with Crippen molar-refractivity contribution in [2.75, 3.05) is 33.2 Å². The zero-order valence-electron chi connectivity index (χ0n) is 15.0. The fourth-order valence-corrected chi connectivity index (χ4v) is 3.22. The highest BCUT2D eigenvalue weighted by Gasteiger charge is 2.17. The molecule has 4 nitrogen and oxygen atoms in total. The number of rotatable bonds is 7. The fourth-order valence-electron chi connectivity index (χ4n) is 3.22. The van der Waals surface area contributed by atoms with Crippen LogP contribution in [-0.2, 0) is 6.42 Å². The monoisotopic (exact) mass is 334 g/mol. The molecule has 0 bridgehead atoms. The first-order chi connectivity index (χ1) is 11.7. The van der Waals surface area contributed by atoms with Crippen molar-refractivity contribution in [1.82, 2.24) is 15.5 Å². The molecule has 0 aromatic heterocycles. The van der Waals surface area contributed by atoms with Crippen LogP contribution in [-0.4, -0.2) is 50.1 Å². The lowest BCUT2D eigenvalue weighted by Gasteiger charge is -2.33. The second kappa shape index (κ2) is 10.3. The quantitative estimate of drug-likeness (QED) is 0.458. The van der Waals surface area contributed by atoms with Gasteiger partial charge in [0.05, 0.1) is 0 Å². The summed E-state index contributed by atoms with van der Waals surface area (Å²) >= 11 is 0. The number of guanidine groups is 1. The smallest absolute Gasteiger partial charge is 0.190 e. The van der Waals surface area contributed by atoms with E-state index < -0.39 is 0 Å². The first kappa shape index (κ1) is 18.7. The molecule has 24 heavy (non-hydrogen) atoms. The SMILES string of the molecule is CN=C(NCCCN1CCCCC1C)NCCc1ccccc1F. The third-order valence-electron chi connectivity index (χ3n) is 4.72. The normalized spacial score (nSPS) is 19.3. The Morgan fingerprint density at radius 1 is 1.25 bits per heavy atom. The van der Waals surface area contributed by atoms with Gasteiger partial charge in [0.15, 0.2) is 5.96 Å². The summed E-state index contributed by atoms with van der Waals surface area (Å²) in [6.07, 6.45) is 5.79. The van der Waals surface area contributed by atoms with E-state index in [4.69, 9.17) is 0 Å². The number of aliphatic imine (C=N–C) groups is 1. The standard InChI is InChI=1S/C19H31FN4/c1-16-8-5-6-14-24(16)15-7-12-22-19(21-2)23-13-11-17-9-3-4-10-18(17)20/h3-4,9-10,16H,5-8,11-15H2,1-2H3,(H2,21,22,23). The first-order valence-electron chi connectivity index (χ1n) is 9.12. The van der Waals surface area contributed by atoms with E-state index in [1.165, 1.54) is 31.9 Å². The molecule has 2 rings (SSSR count). The van der Waals surface area contributed by atoms with Crippen molar-refractivity contribution in [3.05, 3.63) is 35.6 Å². The van der Waals surface area contributed by atoms with Crippen LogP contribution in [0.25, 0.3) is 0 Å². The average Bonchev–Trinajstić information content (AvgIpc) is 2.60. The van der Waals surface area contributed by atoms with E-state index in [-0.39, 0.29) is 5.82 Å². The molecule has 1 aromatic rings. The van der Waals surface area contributed by atoms with Crippen molar-refractivity contribution in [2.45, 2.75) is 45.1 Å². The Balaban J connectivity index is 1.61. The van der Waals surface area contributed by atoms with E-state index in [0.717, 1.165) is 37.1 Å². The molecule has 1 aromatic carbocycles. The Morgan fingerprint density at radius 2 is 2.04 bits per heavy atom. The van der Waals surface area contributed by atoms with Crippen LogP contribution in [0.1, 0.15) is 38.2 Å². The Morgan fingerprint density at radius 3 is 2.79 bits per heavy atom. The lowest BCUT2D eigenvalue weighted by atomic mass is 10.0. The molecule has 1 saturated heterocycles. The van der Waals surface area contributed by atoms with E-state index >= 15 is 0 Å². The summed E-state index contributed by atoms with van der Waals surface area (Å²) < 4.78 is 13.6. The number of halogens is 1. The number of likely N-dealkylation sites (tertiary alicyclic amines) is 1. The van der Waals surface area contributed by atoms with Gasteiger partial charge < -0.3 is 15.5 Å². The summed E-state index contributed by atoms with van der Waals surface area (Å²) in [7, 11) is 1.77. The molecule has 0 aliphatic carbocycles. The van der Waals surface area contributed by atoms with Gasteiger partial charge >= 0.3 is 0 Å². The minimum Gasteiger partial charge on any atom is -0.356 e. The van der Waals surface area contributed by atoms with Gasteiger partial charge in [-0.15, -0.1) is 0 Å². The van der Waals surface area contributed by atoms with Crippen LogP contribution in [0.3, 0.4) is 0 Å². The molecule has 2 N–H and O–H groups in total. The summed E-state index contributed by atoms with van der Waals surface area (Å²) in [6.45, 7) is 6.28. The van der Waals surface area contributed by atoms with E-state index in [0.29, 0.717) is 13.0 Å². The highest BCUT2D eigenvalue weighted by molar-refractivity contribution is 5.79. The Kier molecular flexibility index (Phi) is 8.02. The van der Waals surface area contributed by atoms with Gasteiger partial charge in [-0.1, -0.05) is 24.6 Å². The van der Waals surface area contributed by atoms with Crippen LogP contribution in [0.4, 0.5) is 4.39 Å². The Hall–Kier alpha value is -1.62. The number of hydrogen-bond donors (Lipinski definition) is 2. The molecule has 0 amide bonds. The summed E-state index contributed by atoms with van der Waals surface area (Å²) in [5, 5.41) is 6.59. The van der Waals surface area contributed by atoms with Crippen molar-refractivity contribution >= 4 is 5.96 Å². The number of nitrogens with one attached hydrogen (secondary N) is 2. The van der Waals surface area contributed by atoms with Crippen molar-refractivity contribution in [1.29, 1.82) is 0 Å². The van der Waals surface area contributed by atoms with Crippen LogP contribution in [0.15, 0.2) is 29.3 Å². The maximum absolute atomic E-state index is 13.6. The fraction of sp³-hybridized carbons (Fsp3) is 0.632. The predicted octanol–water partition coefficient (Wildman–Crippen LogP) is 2.80. The maximum Gasteiger partial charge on any atom is 0.190 e. The van der Waals surface area contributed by atoms with Gasteiger partial charge in [0.2, 0.25) is 0 Å². The number of hydrogen-bond acceptors (Lipinski definition) is 2. The largest absolute Gasteiger partial charge is 0.356 e. The van der Waals surface area contributed by atoms with Crippen molar-refractivity contribution in [2.24, 2.45) is 4.99 Å². The average molecular weight is 334 g/mol. The van der Waals surface area contributed by atoms with Gasteiger partial charge in [-0.3, -0.25) is 4.99 Å². The van der Waals surface area contributed by atoms with Crippen molar-refractivity contribution in [3.8, 4) is 0 Å². The molecule has 1 unspecified atom stereocenters. The highest BCUT2D eigenvalue weighted by Crippen LogP contribution is 2.16. The Labute approximate surface area is 145 Å². The zero-order valence-corrected chi connectivity index (χ0v) is 15.0. The van der Waals surface area contributed by atoms with Gasteiger partial charge in [-0.05, 0) is 50.8 Å². The van der Waals surface area contributed by atoms with Gasteiger partial charge in [-0.2, -0.15) is 0 Å². The first-order valence-corrected chi connectivity index (χ1v) is 9.12. The molecular formula is C19H31FN4. The molecule has 1 aliphatic heterocycles. The molecule has 1 fully saturated rings. The van der Waals surface area contributed by atoms with E-state index in [9.17, 15) is 4.39 Å². The van der Waals surface area contributed by atoms with Gasteiger partial charge in [0, 0.05) is 32.7 Å². The predicted molar refractivity (Wildman–Crippen MR) is 99.0 cm³/mol. The second-order valence-electron chi connectivity index (χ2n) is 6.50. The highest BCUT2D eigenvalue weighted by atomic mass is 19.1. The van der Waals surface area contributed by atoms with Gasteiger partial charge in [0.1, 0.15) is 5.82 Å². The van der Waals surface area contributed by atoms with Gasteiger partial charge in [0.25, 0.3) is 0 Å². The number of piperidine rings is 1. The number of nitrogens with zero attached hydrogens (tertiary/aromatic N) is 2. The second-order valence-corrected chi connectivity index (χ2v) is 6.50. The molecular weight excluding hydrogens is 303 g/mol. The molecule has 0 saturated carbocycles. The topological polar surface area (TPSA) is 39.7 Å². The summed E-state index contributed by atoms with van der Waals surface area (Å²) in [5.41, 5.74) is 0.736. The van der Waals surface area contributed by atoms with E-state index in [1.807, 2.05) is 12.1 Å². The molecule has 1 atom stereocenters. The number of benzene rings is 1. The lowest BCUT2D eigenvalue weighted by molar-refractivity contribution is 0.159. The van der Waals surface area contributed by atoms with Gasteiger partial charge in [-0.25, -0.2) is 4.39 Å². The third-order valence-corrected chi connectivity index (χ3v) is 4.72.